The second-order valence-corrected chi connectivity index (χ2v) is 4.96. The highest BCUT2D eigenvalue weighted by molar-refractivity contribution is 5.96. The molecule has 1 aliphatic rings. The van der Waals surface area contributed by atoms with Crippen LogP contribution < -0.4 is 5.32 Å². The molecule has 1 saturated heterocycles. The second-order valence-electron chi connectivity index (χ2n) is 4.96. The molecule has 18 heavy (non-hydrogen) atoms. The van der Waals surface area contributed by atoms with Crippen molar-refractivity contribution < 1.29 is 14.0 Å². The van der Waals surface area contributed by atoms with Crippen LogP contribution in [0.2, 0.25) is 0 Å². The molecule has 1 aromatic heterocycles. The van der Waals surface area contributed by atoms with Crippen molar-refractivity contribution in [1.82, 2.24) is 10.2 Å². The van der Waals surface area contributed by atoms with Crippen molar-refractivity contribution in [2.24, 2.45) is 5.92 Å². The molecule has 0 aromatic carbocycles. The van der Waals surface area contributed by atoms with Crippen LogP contribution in [0, 0.1) is 5.92 Å². The number of nitrogens with one attached hydrogen (secondary N) is 1. The first-order valence-electron chi connectivity index (χ1n) is 6.14. The summed E-state index contributed by atoms with van der Waals surface area (Å²) in [5.41, 5.74) is 0. The Bertz CT molecular complexity index is 439. The van der Waals surface area contributed by atoms with Gasteiger partial charge in [-0.1, -0.05) is 13.8 Å². The summed E-state index contributed by atoms with van der Waals surface area (Å²) >= 11 is 0. The van der Waals surface area contributed by atoms with Crippen molar-refractivity contribution in [2.75, 3.05) is 0 Å². The highest BCUT2D eigenvalue weighted by atomic mass is 16.3. The van der Waals surface area contributed by atoms with E-state index < -0.39 is 12.1 Å². The van der Waals surface area contributed by atoms with Crippen LogP contribution in [0.25, 0.3) is 0 Å². The zero-order valence-corrected chi connectivity index (χ0v) is 10.8. The molecule has 2 rings (SSSR count). The molecule has 98 valence electrons. The predicted octanol–water partition coefficient (Wildman–Crippen LogP) is 1.15. The van der Waals surface area contributed by atoms with E-state index in [4.69, 9.17) is 4.42 Å². The first kappa shape index (κ1) is 12.7. The summed E-state index contributed by atoms with van der Waals surface area (Å²) in [5.74, 6) is 0.598. The molecule has 1 aliphatic heterocycles. The molecule has 2 unspecified atom stereocenters. The molecule has 2 heterocycles. The number of nitrogens with zero attached hydrogens (tertiary/aromatic N) is 1. The van der Waals surface area contributed by atoms with Crippen LogP contribution >= 0.6 is 0 Å². The Hall–Kier alpha value is -1.78. The largest absolute Gasteiger partial charge is 0.467 e. The van der Waals surface area contributed by atoms with Crippen molar-refractivity contribution in [3.63, 3.8) is 0 Å². The number of piperazine rings is 1. The summed E-state index contributed by atoms with van der Waals surface area (Å²) in [6.45, 7) is 5.91. The van der Waals surface area contributed by atoms with Crippen LogP contribution in [0.3, 0.4) is 0 Å². The van der Waals surface area contributed by atoms with Crippen LogP contribution in [-0.4, -0.2) is 28.8 Å². The van der Waals surface area contributed by atoms with E-state index in [-0.39, 0.29) is 17.7 Å². The molecule has 0 radical (unpaired) electrons. The summed E-state index contributed by atoms with van der Waals surface area (Å²) < 4.78 is 5.26. The van der Waals surface area contributed by atoms with Gasteiger partial charge in [-0.3, -0.25) is 9.59 Å². The van der Waals surface area contributed by atoms with E-state index in [1.165, 1.54) is 0 Å². The van der Waals surface area contributed by atoms with Gasteiger partial charge in [-0.05, 0) is 25.0 Å². The molecule has 0 spiro atoms. The molecule has 2 amide bonds. The van der Waals surface area contributed by atoms with Crippen molar-refractivity contribution in [3.8, 4) is 0 Å². The normalized spacial score (nSPS) is 24.6. The minimum Gasteiger partial charge on any atom is -0.467 e. The molecular weight excluding hydrogens is 232 g/mol. The highest BCUT2D eigenvalue weighted by Gasteiger charge is 2.40. The van der Waals surface area contributed by atoms with E-state index in [1.54, 1.807) is 24.2 Å². The third-order valence-electron chi connectivity index (χ3n) is 3.15. The monoisotopic (exact) mass is 250 g/mol. The number of amides is 2. The fourth-order valence-corrected chi connectivity index (χ4v) is 2.30. The van der Waals surface area contributed by atoms with Crippen LogP contribution in [-0.2, 0) is 16.1 Å². The second kappa shape index (κ2) is 4.84. The molecule has 1 aromatic rings. The molecular formula is C13H18N2O3. The third kappa shape index (κ3) is 2.25. The van der Waals surface area contributed by atoms with Gasteiger partial charge in [-0.15, -0.1) is 0 Å². The van der Waals surface area contributed by atoms with Gasteiger partial charge in [0.05, 0.1) is 12.8 Å². The van der Waals surface area contributed by atoms with E-state index in [0.717, 1.165) is 0 Å². The fraction of sp³-hybridized carbons (Fsp3) is 0.538. The number of carbonyl (C=O) groups excluding carboxylic acids is 2. The fourth-order valence-electron chi connectivity index (χ4n) is 2.30. The Kier molecular flexibility index (Phi) is 3.41. The van der Waals surface area contributed by atoms with E-state index in [9.17, 15) is 9.59 Å². The maximum absolute atomic E-state index is 12.2. The minimum atomic E-state index is -0.470. The van der Waals surface area contributed by atoms with Gasteiger partial charge in [0.25, 0.3) is 0 Å². The van der Waals surface area contributed by atoms with Crippen LogP contribution in [0.15, 0.2) is 22.8 Å². The molecule has 0 aliphatic carbocycles. The topological polar surface area (TPSA) is 62.6 Å². The summed E-state index contributed by atoms with van der Waals surface area (Å²) in [7, 11) is 0. The average molecular weight is 250 g/mol. The van der Waals surface area contributed by atoms with Crippen molar-refractivity contribution in [3.05, 3.63) is 24.2 Å². The van der Waals surface area contributed by atoms with Gasteiger partial charge in [-0.25, -0.2) is 0 Å². The van der Waals surface area contributed by atoms with Crippen LogP contribution in [0.5, 0.6) is 0 Å². The lowest BCUT2D eigenvalue weighted by atomic mass is 9.97. The Morgan fingerprint density at radius 3 is 2.72 bits per heavy atom. The van der Waals surface area contributed by atoms with Gasteiger partial charge in [0.1, 0.15) is 17.8 Å². The van der Waals surface area contributed by atoms with Crippen molar-refractivity contribution in [1.29, 1.82) is 0 Å². The minimum absolute atomic E-state index is 0.0651. The maximum atomic E-state index is 12.2. The molecule has 5 nitrogen and oxygen atoms in total. The van der Waals surface area contributed by atoms with E-state index in [1.807, 2.05) is 19.9 Å². The van der Waals surface area contributed by atoms with Gasteiger partial charge >= 0.3 is 0 Å². The molecule has 0 saturated carbocycles. The number of hydrogen-bond acceptors (Lipinski definition) is 3. The van der Waals surface area contributed by atoms with Gasteiger partial charge in [0.15, 0.2) is 0 Å². The van der Waals surface area contributed by atoms with Gasteiger partial charge in [0.2, 0.25) is 11.8 Å². The highest BCUT2D eigenvalue weighted by Crippen LogP contribution is 2.20. The van der Waals surface area contributed by atoms with Gasteiger partial charge < -0.3 is 14.6 Å². The standard InChI is InChI=1S/C13H18N2O3/c1-8(2)11-12(16)14-9(3)13(17)15(11)7-10-5-4-6-18-10/h4-6,8-9,11H,7H2,1-3H3,(H,14,16). The Morgan fingerprint density at radius 1 is 1.44 bits per heavy atom. The first-order valence-corrected chi connectivity index (χ1v) is 6.14. The molecule has 5 heteroatoms. The van der Waals surface area contributed by atoms with Crippen LogP contribution in [0.4, 0.5) is 0 Å². The SMILES string of the molecule is CC1NC(=O)C(C(C)C)N(Cc2ccco2)C1=O. The Balaban J connectivity index is 2.25. The van der Waals surface area contributed by atoms with E-state index in [2.05, 4.69) is 5.32 Å². The smallest absolute Gasteiger partial charge is 0.245 e. The molecule has 2 atom stereocenters. The first-order chi connectivity index (χ1) is 8.50. The summed E-state index contributed by atoms with van der Waals surface area (Å²) in [4.78, 5) is 25.8. The van der Waals surface area contributed by atoms with Crippen molar-refractivity contribution >= 4 is 11.8 Å². The lowest BCUT2D eigenvalue weighted by Gasteiger charge is -2.39. The summed E-state index contributed by atoms with van der Waals surface area (Å²) in [5, 5.41) is 2.71. The quantitative estimate of drug-likeness (QED) is 0.875. The van der Waals surface area contributed by atoms with E-state index >= 15 is 0 Å². The molecule has 0 bridgehead atoms. The lowest BCUT2D eigenvalue weighted by Crippen LogP contribution is -2.63. The number of hydrogen-bond donors (Lipinski definition) is 1. The predicted molar refractivity (Wildman–Crippen MR) is 65.5 cm³/mol. The number of rotatable bonds is 3. The Morgan fingerprint density at radius 2 is 2.17 bits per heavy atom. The maximum Gasteiger partial charge on any atom is 0.245 e. The van der Waals surface area contributed by atoms with Crippen LogP contribution in [0.1, 0.15) is 26.5 Å². The number of furan rings is 1. The Labute approximate surface area is 106 Å². The average Bonchev–Trinajstić information content (AvgIpc) is 2.77. The number of carbonyl (C=O) groups is 2. The zero-order chi connectivity index (χ0) is 13.3. The van der Waals surface area contributed by atoms with Gasteiger partial charge in [-0.2, -0.15) is 0 Å². The van der Waals surface area contributed by atoms with E-state index in [0.29, 0.717) is 12.3 Å². The molecule has 1 fully saturated rings. The summed E-state index contributed by atoms with van der Waals surface area (Å²) in [6.07, 6.45) is 1.57. The molecule has 1 N–H and O–H groups in total. The zero-order valence-electron chi connectivity index (χ0n) is 10.8. The van der Waals surface area contributed by atoms with Gasteiger partial charge in [0, 0.05) is 0 Å². The van der Waals surface area contributed by atoms with Crippen molar-refractivity contribution in [2.45, 2.75) is 39.4 Å². The summed E-state index contributed by atoms with van der Waals surface area (Å²) in [6, 6.07) is 2.68. The lowest BCUT2D eigenvalue weighted by molar-refractivity contribution is -0.151. The third-order valence-corrected chi connectivity index (χ3v) is 3.15.